The highest BCUT2D eigenvalue weighted by molar-refractivity contribution is 6.35. The number of hydrogen-bond acceptors (Lipinski definition) is 3. The van der Waals surface area contributed by atoms with Gasteiger partial charge >= 0.3 is 0 Å². The minimum absolute atomic E-state index is 1.06. The van der Waals surface area contributed by atoms with E-state index in [-0.39, 0.29) is 0 Å². The number of hydrazone groups is 2. The Hall–Kier alpha value is -1.84. The molecule has 0 atom stereocenters. The van der Waals surface area contributed by atoms with Crippen LogP contribution in [-0.4, -0.2) is 61.9 Å². The minimum Gasteiger partial charge on any atom is -0.303 e. The van der Waals surface area contributed by atoms with E-state index in [1.54, 1.807) is 5.01 Å². The first-order chi connectivity index (χ1) is 8.02. The Kier molecular flexibility index (Phi) is 4.69. The molecule has 0 aromatic heterocycles. The molecular weight excluding hydrogens is 212 g/mol. The molecule has 0 heterocycles. The zero-order chi connectivity index (χ0) is 12.8. The van der Waals surface area contributed by atoms with E-state index in [4.69, 9.17) is 0 Å². The van der Waals surface area contributed by atoms with Crippen LogP contribution >= 0.6 is 0 Å². The number of rotatable bonds is 4. The van der Waals surface area contributed by atoms with Crippen LogP contribution < -0.4 is 0 Å². The van der Waals surface area contributed by atoms with Crippen LogP contribution in [0.2, 0.25) is 0 Å². The molecule has 0 aliphatic heterocycles. The Balaban J connectivity index is 3.17. The molecular formula is C13H21N4+. The van der Waals surface area contributed by atoms with Gasteiger partial charge in [-0.3, -0.25) is 0 Å². The SMILES string of the molecule is CN(C)/N=C/C(c1ccccc1)=[N+](/C)N(C)C. The number of hydrogen-bond donors (Lipinski definition) is 0. The first-order valence-corrected chi connectivity index (χ1v) is 5.57. The molecule has 0 radical (unpaired) electrons. The molecule has 0 aliphatic carbocycles. The molecule has 4 nitrogen and oxygen atoms in total. The van der Waals surface area contributed by atoms with Crippen LogP contribution in [0.4, 0.5) is 0 Å². The Labute approximate surface area is 103 Å². The van der Waals surface area contributed by atoms with Crippen molar-refractivity contribution < 1.29 is 4.68 Å². The van der Waals surface area contributed by atoms with E-state index in [0.29, 0.717) is 0 Å². The molecule has 0 bridgehead atoms. The summed E-state index contributed by atoms with van der Waals surface area (Å²) in [6.45, 7) is 0. The lowest BCUT2D eigenvalue weighted by Gasteiger charge is -2.10. The number of nitrogens with zero attached hydrogens (tertiary/aromatic N) is 4. The molecule has 0 amide bonds. The molecule has 1 aromatic carbocycles. The molecule has 0 saturated heterocycles. The van der Waals surface area contributed by atoms with Crippen LogP contribution in [0.5, 0.6) is 0 Å². The maximum atomic E-state index is 4.31. The van der Waals surface area contributed by atoms with Gasteiger partial charge in [0.15, 0.2) is 7.05 Å². The van der Waals surface area contributed by atoms with Crippen molar-refractivity contribution in [1.29, 1.82) is 0 Å². The van der Waals surface area contributed by atoms with Crippen LogP contribution in [0, 0.1) is 0 Å². The summed E-state index contributed by atoms with van der Waals surface area (Å²) in [6, 6.07) is 10.2. The van der Waals surface area contributed by atoms with Crippen LogP contribution in [0.1, 0.15) is 5.56 Å². The predicted octanol–water partition coefficient (Wildman–Crippen LogP) is 1.14. The van der Waals surface area contributed by atoms with Gasteiger partial charge < -0.3 is 5.01 Å². The van der Waals surface area contributed by atoms with Crippen molar-refractivity contribution in [2.75, 3.05) is 35.2 Å². The van der Waals surface area contributed by atoms with E-state index in [1.807, 2.05) is 64.7 Å². The second-order valence-electron chi connectivity index (χ2n) is 4.21. The topological polar surface area (TPSA) is 21.9 Å². The van der Waals surface area contributed by atoms with Gasteiger partial charge in [0.1, 0.15) is 6.21 Å². The Morgan fingerprint density at radius 2 is 1.71 bits per heavy atom. The van der Waals surface area contributed by atoms with Gasteiger partial charge in [-0.1, -0.05) is 18.2 Å². The summed E-state index contributed by atoms with van der Waals surface area (Å²) in [5.41, 5.74) is 2.21. The molecule has 0 spiro atoms. The van der Waals surface area contributed by atoms with E-state index in [9.17, 15) is 0 Å². The first-order valence-electron chi connectivity index (χ1n) is 5.57. The van der Waals surface area contributed by atoms with E-state index in [0.717, 1.165) is 11.3 Å². The summed E-state index contributed by atoms with van der Waals surface area (Å²) in [7, 11) is 9.85. The molecule has 92 valence electrons. The summed E-state index contributed by atoms with van der Waals surface area (Å²) in [5, 5.41) is 8.11. The summed E-state index contributed by atoms with van der Waals surface area (Å²) in [5.74, 6) is 0. The van der Waals surface area contributed by atoms with E-state index < -0.39 is 0 Å². The van der Waals surface area contributed by atoms with Crippen LogP contribution in [0.3, 0.4) is 0 Å². The van der Waals surface area contributed by atoms with Gasteiger partial charge in [-0.25, -0.2) is 0 Å². The molecule has 4 heteroatoms. The fourth-order valence-electron chi connectivity index (χ4n) is 1.34. The Morgan fingerprint density at radius 3 is 2.18 bits per heavy atom. The second kappa shape index (κ2) is 6.03. The van der Waals surface area contributed by atoms with E-state index in [2.05, 4.69) is 21.9 Å². The van der Waals surface area contributed by atoms with Crippen LogP contribution in [0.15, 0.2) is 35.4 Å². The quantitative estimate of drug-likeness (QED) is 0.442. The van der Waals surface area contributed by atoms with E-state index >= 15 is 0 Å². The fraction of sp³-hybridized carbons (Fsp3) is 0.385. The molecule has 0 N–H and O–H groups in total. The predicted molar refractivity (Wildman–Crippen MR) is 72.6 cm³/mol. The minimum atomic E-state index is 1.06. The molecule has 1 aromatic rings. The highest BCUT2D eigenvalue weighted by Crippen LogP contribution is 2.00. The summed E-state index contributed by atoms with van der Waals surface area (Å²) in [4.78, 5) is 0. The monoisotopic (exact) mass is 233 g/mol. The largest absolute Gasteiger partial charge is 0.303 e. The van der Waals surface area contributed by atoms with Gasteiger partial charge in [-0.15, -0.1) is 4.68 Å². The maximum absolute atomic E-state index is 4.31. The molecule has 0 aliphatic rings. The summed E-state index contributed by atoms with van der Waals surface area (Å²) < 4.78 is 2.06. The lowest BCUT2D eigenvalue weighted by atomic mass is 10.1. The van der Waals surface area contributed by atoms with Crippen molar-refractivity contribution in [3.63, 3.8) is 0 Å². The van der Waals surface area contributed by atoms with Crippen molar-refractivity contribution in [2.45, 2.75) is 0 Å². The van der Waals surface area contributed by atoms with Gasteiger partial charge in [0.2, 0.25) is 0 Å². The van der Waals surface area contributed by atoms with Gasteiger partial charge in [0.25, 0.3) is 5.71 Å². The lowest BCUT2D eigenvalue weighted by molar-refractivity contribution is -0.653. The molecule has 1 rings (SSSR count). The second-order valence-corrected chi connectivity index (χ2v) is 4.21. The Bertz CT molecular complexity index is 405. The van der Waals surface area contributed by atoms with Gasteiger partial charge in [-0.05, 0) is 12.1 Å². The molecule has 0 unspecified atom stereocenters. The molecule has 0 fully saturated rings. The van der Waals surface area contributed by atoms with Crippen LogP contribution in [-0.2, 0) is 0 Å². The van der Waals surface area contributed by atoms with Crippen molar-refractivity contribution in [2.24, 2.45) is 5.10 Å². The maximum Gasteiger partial charge on any atom is 0.256 e. The van der Waals surface area contributed by atoms with Crippen LogP contribution in [0.25, 0.3) is 0 Å². The lowest BCUT2D eigenvalue weighted by Crippen LogP contribution is -2.31. The smallest absolute Gasteiger partial charge is 0.256 e. The highest BCUT2D eigenvalue weighted by Gasteiger charge is 2.13. The molecule has 0 saturated carbocycles. The third kappa shape index (κ3) is 3.90. The third-order valence-corrected chi connectivity index (χ3v) is 2.43. The van der Waals surface area contributed by atoms with Gasteiger partial charge in [-0.2, -0.15) is 10.1 Å². The van der Waals surface area contributed by atoms with E-state index in [1.165, 1.54) is 0 Å². The van der Waals surface area contributed by atoms with Crippen molar-refractivity contribution in [3.05, 3.63) is 35.9 Å². The highest BCUT2D eigenvalue weighted by atomic mass is 15.5. The standard InChI is InChI=1S/C13H21N4/c1-15(2)14-11-13(17(5)16(3)4)12-9-7-6-8-10-12/h6-11H,1-5H3/q+1. The third-order valence-electron chi connectivity index (χ3n) is 2.43. The number of benzene rings is 1. The molecule has 17 heavy (non-hydrogen) atoms. The summed E-state index contributed by atoms with van der Waals surface area (Å²) in [6.07, 6.45) is 1.87. The zero-order valence-electron chi connectivity index (χ0n) is 11.3. The Morgan fingerprint density at radius 1 is 1.12 bits per heavy atom. The normalized spacial score (nSPS) is 12.5. The first kappa shape index (κ1) is 13.2. The zero-order valence-corrected chi connectivity index (χ0v) is 11.3. The fourth-order valence-corrected chi connectivity index (χ4v) is 1.34. The van der Waals surface area contributed by atoms with Crippen molar-refractivity contribution >= 4 is 11.9 Å². The summed E-state index contributed by atoms with van der Waals surface area (Å²) >= 11 is 0. The van der Waals surface area contributed by atoms with Crippen molar-refractivity contribution in [3.8, 4) is 0 Å². The van der Waals surface area contributed by atoms with Gasteiger partial charge in [0.05, 0.1) is 19.7 Å². The average Bonchev–Trinajstić information content (AvgIpc) is 2.30. The van der Waals surface area contributed by atoms with Crippen molar-refractivity contribution in [1.82, 2.24) is 10.0 Å². The number of hydrazine groups is 1. The van der Waals surface area contributed by atoms with Gasteiger partial charge in [0, 0.05) is 14.1 Å². The average molecular weight is 233 g/mol.